The van der Waals surface area contributed by atoms with Gasteiger partial charge in [0, 0.05) is 12.8 Å². The highest BCUT2D eigenvalue weighted by atomic mass is 127. The van der Waals surface area contributed by atoms with Gasteiger partial charge < -0.3 is 20.5 Å². The van der Waals surface area contributed by atoms with Crippen LogP contribution < -0.4 is 11.1 Å². The normalized spacial score (nSPS) is 10.8. The van der Waals surface area contributed by atoms with Crippen molar-refractivity contribution >= 4 is 35.6 Å². The Bertz CT molecular complexity index is 333. The average molecular weight is 365 g/mol. The number of anilines is 1. The summed E-state index contributed by atoms with van der Waals surface area (Å²) in [7, 11) is 1.64. The number of rotatable bonds is 7. The molecule has 0 unspecified atom stereocenters. The van der Waals surface area contributed by atoms with Gasteiger partial charge in [-0.2, -0.15) is 0 Å². The van der Waals surface area contributed by atoms with Crippen molar-refractivity contribution in [1.82, 2.24) is 0 Å². The van der Waals surface area contributed by atoms with Crippen molar-refractivity contribution in [3.05, 3.63) is 30.3 Å². The molecular weight excluding hydrogens is 345 g/mol. The lowest BCUT2D eigenvalue weighted by molar-refractivity contribution is 0.0748. The first-order valence-electron chi connectivity index (χ1n) is 5.51. The molecule has 0 aliphatic heterocycles. The molecule has 0 bridgehead atoms. The zero-order valence-electron chi connectivity index (χ0n) is 10.5. The lowest BCUT2D eigenvalue weighted by atomic mass is 10.3. The molecule has 0 heterocycles. The number of hydrogen-bond acceptors (Lipinski definition) is 3. The Morgan fingerprint density at radius 2 is 1.94 bits per heavy atom. The zero-order chi connectivity index (χ0) is 12.3. The van der Waals surface area contributed by atoms with E-state index in [0.29, 0.717) is 32.3 Å². The van der Waals surface area contributed by atoms with Crippen LogP contribution >= 0.6 is 24.0 Å². The van der Waals surface area contributed by atoms with Crippen LogP contribution in [0.5, 0.6) is 0 Å². The van der Waals surface area contributed by atoms with Gasteiger partial charge in [0.25, 0.3) is 0 Å². The summed E-state index contributed by atoms with van der Waals surface area (Å²) in [6.45, 7) is 2.26. The van der Waals surface area contributed by atoms with E-state index in [1.54, 1.807) is 7.11 Å². The van der Waals surface area contributed by atoms with E-state index in [2.05, 4.69) is 10.3 Å². The van der Waals surface area contributed by atoms with E-state index in [4.69, 9.17) is 15.2 Å². The van der Waals surface area contributed by atoms with Crippen LogP contribution in [-0.4, -0.2) is 39.4 Å². The van der Waals surface area contributed by atoms with Gasteiger partial charge in [-0.15, -0.1) is 24.0 Å². The molecule has 0 aliphatic rings. The maximum Gasteiger partial charge on any atom is 0.193 e. The van der Waals surface area contributed by atoms with E-state index in [-0.39, 0.29) is 24.0 Å². The molecule has 0 aliphatic carbocycles. The largest absolute Gasteiger partial charge is 0.382 e. The quantitative estimate of drug-likeness (QED) is 0.334. The number of para-hydroxylation sites is 1. The highest BCUT2D eigenvalue weighted by molar-refractivity contribution is 14.0. The summed E-state index contributed by atoms with van der Waals surface area (Å²) in [6.07, 6.45) is 0. The Morgan fingerprint density at radius 3 is 2.61 bits per heavy atom. The summed E-state index contributed by atoms with van der Waals surface area (Å²) in [5.74, 6) is 0.395. The summed E-state index contributed by atoms with van der Waals surface area (Å²) >= 11 is 0. The molecule has 0 saturated heterocycles. The van der Waals surface area contributed by atoms with Crippen molar-refractivity contribution in [3.8, 4) is 0 Å². The third kappa shape index (κ3) is 8.26. The third-order valence-corrected chi connectivity index (χ3v) is 2.00. The van der Waals surface area contributed by atoms with Gasteiger partial charge in [-0.3, -0.25) is 4.99 Å². The summed E-state index contributed by atoms with van der Waals surface area (Å²) < 4.78 is 10.1. The predicted octanol–water partition coefficient (Wildman–Crippen LogP) is 1.69. The molecule has 6 heteroatoms. The first-order valence-corrected chi connectivity index (χ1v) is 5.51. The van der Waals surface area contributed by atoms with E-state index in [9.17, 15) is 0 Å². The zero-order valence-corrected chi connectivity index (χ0v) is 12.8. The van der Waals surface area contributed by atoms with Crippen LogP contribution in [-0.2, 0) is 9.47 Å². The van der Waals surface area contributed by atoms with Crippen LogP contribution in [0.1, 0.15) is 0 Å². The molecule has 102 valence electrons. The lowest BCUT2D eigenvalue weighted by Crippen LogP contribution is -2.23. The number of nitrogens with one attached hydrogen (secondary N) is 1. The SMILES string of the molecule is COCCOCCN=C(N)Nc1ccccc1.I. The molecule has 5 nitrogen and oxygen atoms in total. The maximum absolute atomic E-state index is 5.71. The highest BCUT2D eigenvalue weighted by Crippen LogP contribution is 2.03. The second-order valence-electron chi connectivity index (χ2n) is 3.36. The summed E-state index contributed by atoms with van der Waals surface area (Å²) in [5.41, 5.74) is 6.63. The van der Waals surface area contributed by atoms with Gasteiger partial charge in [0.2, 0.25) is 0 Å². The molecule has 1 aromatic rings. The highest BCUT2D eigenvalue weighted by Gasteiger charge is 1.93. The number of guanidine groups is 1. The molecule has 0 radical (unpaired) electrons. The number of nitrogens with two attached hydrogens (primary N) is 1. The number of halogens is 1. The maximum atomic E-state index is 5.71. The van der Waals surface area contributed by atoms with Crippen molar-refractivity contribution in [2.24, 2.45) is 10.7 Å². The monoisotopic (exact) mass is 365 g/mol. The number of benzene rings is 1. The number of nitrogens with zero attached hydrogens (tertiary/aromatic N) is 1. The summed E-state index contributed by atoms with van der Waals surface area (Å²) in [5, 5.41) is 2.99. The Morgan fingerprint density at radius 1 is 1.22 bits per heavy atom. The van der Waals surface area contributed by atoms with Gasteiger partial charge in [-0.05, 0) is 12.1 Å². The fraction of sp³-hybridized carbons (Fsp3) is 0.417. The van der Waals surface area contributed by atoms with Crippen molar-refractivity contribution < 1.29 is 9.47 Å². The number of aliphatic imine (C=N–C) groups is 1. The first kappa shape index (κ1) is 17.1. The van der Waals surface area contributed by atoms with Gasteiger partial charge >= 0.3 is 0 Å². The van der Waals surface area contributed by atoms with Gasteiger partial charge in [0.1, 0.15) is 0 Å². The minimum atomic E-state index is 0. The molecule has 0 saturated carbocycles. The molecular formula is C12H20IN3O2. The smallest absolute Gasteiger partial charge is 0.193 e. The molecule has 0 aromatic heterocycles. The first-order chi connectivity index (χ1) is 8.33. The molecule has 0 spiro atoms. The van der Waals surface area contributed by atoms with Crippen molar-refractivity contribution in [2.75, 3.05) is 38.8 Å². The Labute approximate surface area is 125 Å². The van der Waals surface area contributed by atoms with Crippen LogP contribution in [0.2, 0.25) is 0 Å². The van der Waals surface area contributed by atoms with Crippen LogP contribution in [0.4, 0.5) is 5.69 Å². The molecule has 3 N–H and O–H groups in total. The topological polar surface area (TPSA) is 68.9 Å². The van der Waals surface area contributed by atoms with Gasteiger partial charge in [-0.25, -0.2) is 0 Å². The number of ether oxygens (including phenoxy) is 2. The van der Waals surface area contributed by atoms with E-state index in [0.717, 1.165) is 5.69 Å². The van der Waals surface area contributed by atoms with Crippen LogP contribution in [0, 0.1) is 0 Å². The molecule has 0 atom stereocenters. The minimum Gasteiger partial charge on any atom is -0.382 e. The van der Waals surface area contributed by atoms with Crippen LogP contribution in [0.3, 0.4) is 0 Å². The number of hydrogen-bond donors (Lipinski definition) is 2. The van der Waals surface area contributed by atoms with Gasteiger partial charge in [0.05, 0.1) is 26.4 Å². The minimum absolute atomic E-state index is 0. The lowest BCUT2D eigenvalue weighted by Gasteiger charge is -2.05. The van der Waals surface area contributed by atoms with Crippen molar-refractivity contribution in [1.29, 1.82) is 0 Å². The molecule has 1 rings (SSSR count). The Kier molecular flexibility index (Phi) is 10.7. The molecule has 0 fully saturated rings. The Balaban J connectivity index is 0.00000289. The van der Waals surface area contributed by atoms with E-state index >= 15 is 0 Å². The van der Waals surface area contributed by atoms with E-state index in [1.165, 1.54) is 0 Å². The second kappa shape index (κ2) is 11.2. The molecule has 18 heavy (non-hydrogen) atoms. The fourth-order valence-corrected chi connectivity index (χ4v) is 1.18. The molecule has 0 amide bonds. The van der Waals surface area contributed by atoms with Crippen LogP contribution in [0.25, 0.3) is 0 Å². The summed E-state index contributed by atoms with van der Waals surface area (Å²) in [4.78, 5) is 4.13. The Hall–Kier alpha value is -0.860. The van der Waals surface area contributed by atoms with Gasteiger partial charge in [0.15, 0.2) is 5.96 Å². The standard InChI is InChI=1S/C12H19N3O2.HI/c1-16-9-10-17-8-7-14-12(13)15-11-5-3-2-4-6-11;/h2-6H,7-10H2,1H3,(H3,13,14,15);1H. The third-order valence-electron chi connectivity index (χ3n) is 2.00. The van der Waals surface area contributed by atoms with Crippen LogP contribution in [0.15, 0.2) is 35.3 Å². The van der Waals surface area contributed by atoms with E-state index in [1.807, 2.05) is 30.3 Å². The van der Waals surface area contributed by atoms with E-state index < -0.39 is 0 Å². The van der Waals surface area contributed by atoms with Gasteiger partial charge in [-0.1, -0.05) is 18.2 Å². The predicted molar refractivity (Wildman–Crippen MR) is 84.7 cm³/mol. The second-order valence-corrected chi connectivity index (χ2v) is 3.36. The molecule has 1 aromatic carbocycles. The van der Waals surface area contributed by atoms with Crippen molar-refractivity contribution in [2.45, 2.75) is 0 Å². The average Bonchev–Trinajstić information content (AvgIpc) is 2.35. The number of methoxy groups -OCH3 is 1. The summed E-state index contributed by atoms with van der Waals surface area (Å²) in [6, 6.07) is 9.67. The fourth-order valence-electron chi connectivity index (χ4n) is 1.18. The van der Waals surface area contributed by atoms with Crippen molar-refractivity contribution in [3.63, 3.8) is 0 Å².